The molecule has 0 spiro atoms. The Morgan fingerprint density at radius 1 is 1.67 bits per heavy atom. The van der Waals surface area contributed by atoms with Crippen LogP contribution in [-0.2, 0) is 17.1 Å². The average molecular weight is 229 g/mol. The summed E-state index contributed by atoms with van der Waals surface area (Å²) in [5, 5.41) is 11.5. The minimum absolute atomic E-state index is 0.199. The zero-order valence-electron chi connectivity index (χ0n) is 8.88. The van der Waals surface area contributed by atoms with Gasteiger partial charge in [0, 0.05) is 18.2 Å². The molecule has 0 saturated carbocycles. The molecule has 15 heavy (non-hydrogen) atoms. The van der Waals surface area contributed by atoms with Crippen LogP contribution >= 0.6 is 11.8 Å². The number of hydrogen-bond donors (Lipinski definition) is 1. The summed E-state index contributed by atoms with van der Waals surface area (Å²) in [7, 11) is 0. The largest absolute Gasteiger partial charge is 0.370 e. The van der Waals surface area contributed by atoms with Gasteiger partial charge in [-0.3, -0.25) is 4.79 Å². The maximum atomic E-state index is 10.7. The minimum Gasteiger partial charge on any atom is -0.370 e. The second kappa shape index (κ2) is 5.69. The Bertz CT molecular complexity index is 327. The molecule has 1 aromatic heterocycles. The van der Waals surface area contributed by atoms with Crippen molar-refractivity contribution in [2.24, 2.45) is 5.73 Å². The Morgan fingerprint density at radius 3 is 3.00 bits per heavy atom. The number of carbonyl (C=O) groups excluding carboxylic acids is 1. The monoisotopic (exact) mass is 229 g/mol. The molecule has 1 atom stereocenters. The number of nitrogens with two attached hydrogens (primary N) is 1. The fourth-order valence-corrected chi connectivity index (χ4v) is 2.05. The Morgan fingerprint density at radius 2 is 2.40 bits per heavy atom. The zero-order chi connectivity index (χ0) is 11.3. The first-order valence-corrected chi connectivity index (χ1v) is 5.83. The molecule has 0 fully saturated rings. The molecule has 0 radical (unpaired) electrons. The highest BCUT2D eigenvalue weighted by Gasteiger charge is 2.10. The molecule has 0 bridgehead atoms. The number of thioether (sulfide) groups is 1. The molecule has 1 unspecified atom stereocenters. The number of aryl methyl sites for hydroxylation is 1. The molecule has 1 amide bonds. The molecular weight excluding hydrogens is 214 g/mol. The van der Waals surface area contributed by atoms with Crippen LogP contribution in [0.1, 0.15) is 26.1 Å². The summed E-state index contributed by atoms with van der Waals surface area (Å²) < 4.78 is 1.74. The van der Waals surface area contributed by atoms with Gasteiger partial charge in [-0.15, -0.1) is 5.10 Å². The van der Waals surface area contributed by atoms with E-state index in [2.05, 4.69) is 15.5 Å². The Labute approximate surface area is 92.6 Å². The minimum atomic E-state index is -0.273. The molecule has 1 aromatic rings. The smallest absolute Gasteiger partial charge is 0.218 e. The van der Waals surface area contributed by atoms with Crippen molar-refractivity contribution < 1.29 is 4.79 Å². The van der Waals surface area contributed by atoms with Gasteiger partial charge >= 0.3 is 0 Å². The van der Waals surface area contributed by atoms with E-state index in [1.165, 1.54) is 0 Å². The van der Waals surface area contributed by atoms with Crippen molar-refractivity contribution in [1.82, 2.24) is 20.2 Å². The number of amides is 1. The van der Waals surface area contributed by atoms with Crippen LogP contribution in [0.3, 0.4) is 0 Å². The third kappa shape index (κ3) is 3.86. The van der Waals surface area contributed by atoms with Crippen LogP contribution in [0.4, 0.5) is 0 Å². The normalized spacial score (nSPS) is 12.7. The highest BCUT2D eigenvalue weighted by Crippen LogP contribution is 2.17. The van der Waals surface area contributed by atoms with Gasteiger partial charge in [0.2, 0.25) is 5.91 Å². The number of hydrogen-bond acceptors (Lipinski definition) is 5. The fraction of sp³-hybridized carbons (Fsp3) is 0.750. The Kier molecular flexibility index (Phi) is 4.54. The standard InChI is InChI=1S/C8H15N5OS/c1-3-13-8(10-11-12-13)5-15-6(2)4-7(9)14/h6H,3-5H2,1-2H3,(H2,9,14). The van der Waals surface area contributed by atoms with Crippen LogP contribution in [0.15, 0.2) is 0 Å². The molecule has 0 aromatic carbocycles. The van der Waals surface area contributed by atoms with Crippen molar-refractivity contribution in [1.29, 1.82) is 0 Å². The van der Waals surface area contributed by atoms with Gasteiger partial charge in [-0.05, 0) is 17.4 Å². The van der Waals surface area contributed by atoms with Crippen molar-refractivity contribution in [3.05, 3.63) is 5.82 Å². The molecule has 1 rings (SSSR count). The number of rotatable bonds is 6. The number of aromatic nitrogens is 4. The van der Waals surface area contributed by atoms with Crippen molar-refractivity contribution in [3.63, 3.8) is 0 Å². The lowest BCUT2D eigenvalue weighted by molar-refractivity contribution is -0.117. The summed E-state index contributed by atoms with van der Waals surface area (Å²) in [5.74, 6) is 1.26. The van der Waals surface area contributed by atoms with E-state index >= 15 is 0 Å². The number of primary amides is 1. The van der Waals surface area contributed by atoms with E-state index in [9.17, 15) is 4.79 Å². The van der Waals surface area contributed by atoms with Gasteiger partial charge in [0.05, 0.1) is 5.75 Å². The molecule has 0 aliphatic carbocycles. The van der Waals surface area contributed by atoms with Gasteiger partial charge in [0.15, 0.2) is 5.82 Å². The first kappa shape index (κ1) is 12.0. The van der Waals surface area contributed by atoms with Crippen molar-refractivity contribution in [2.45, 2.75) is 37.8 Å². The summed E-state index contributed by atoms with van der Waals surface area (Å²) in [6.45, 7) is 4.71. The molecule has 1 heterocycles. The molecule has 7 heteroatoms. The van der Waals surface area contributed by atoms with Gasteiger partial charge in [-0.25, -0.2) is 4.68 Å². The Hall–Kier alpha value is -1.11. The van der Waals surface area contributed by atoms with Crippen molar-refractivity contribution >= 4 is 17.7 Å². The molecule has 0 aliphatic heterocycles. The highest BCUT2D eigenvalue weighted by molar-refractivity contribution is 7.99. The maximum Gasteiger partial charge on any atom is 0.218 e. The van der Waals surface area contributed by atoms with Crippen LogP contribution in [0.2, 0.25) is 0 Å². The summed E-state index contributed by atoms with van der Waals surface area (Å²) >= 11 is 1.63. The first-order chi connectivity index (χ1) is 7.13. The van der Waals surface area contributed by atoms with E-state index < -0.39 is 0 Å². The van der Waals surface area contributed by atoms with Crippen molar-refractivity contribution in [3.8, 4) is 0 Å². The second-order valence-electron chi connectivity index (χ2n) is 3.20. The molecule has 2 N–H and O–H groups in total. The maximum absolute atomic E-state index is 10.7. The van der Waals surface area contributed by atoms with Crippen LogP contribution < -0.4 is 5.73 Å². The number of nitrogens with zero attached hydrogens (tertiary/aromatic N) is 4. The topological polar surface area (TPSA) is 86.7 Å². The highest BCUT2D eigenvalue weighted by atomic mass is 32.2. The fourth-order valence-electron chi connectivity index (χ4n) is 1.13. The lowest BCUT2D eigenvalue weighted by Gasteiger charge is -2.07. The predicted molar refractivity (Wildman–Crippen MR) is 58.1 cm³/mol. The lowest BCUT2D eigenvalue weighted by Crippen LogP contribution is -2.16. The van der Waals surface area contributed by atoms with Crippen LogP contribution in [0.5, 0.6) is 0 Å². The quantitative estimate of drug-likeness (QED) is 0.752. The van der Waals surface area contributed by atoms with Gasteiger partial charge in [-0.1, -0.05) is 6.92 Å². The predicted octanol–water partition coefficient (Wildman–Crippen LogP) is 0.190. The van der Waals surface area contributed by atoms with E-state index in [1.54, 1.807) is 16.4 Å². The molecule has 0 aliphatic rings. The van der Waals surface area contributed by atoms with Gasteiger partial charge < -0.3 is 5.73 Å². The summed E-state index contributed by atoms with van der Waals surface area (Å²) in [6, 6.07) is 0. The molecule has 84 valence electrons. The molecule has 6 nitrogen and oxygen atoms in total. The Balaban J connectivity index is 2.39. The van der Waals surface area contributed by atoms with E-state index in [0.717, 1.165) is 12.4 Å². The van der Waals surface area contributed by atoms with Gasteiger partial charge in [0.1, 0.15) is 0 Å². The lowest BCUT2D eigenvalue weighted by atomic mass is 10.3. The van der Waals surface area contributed by atoms with E-state index in [0.29, 0.717) is 12.2 Å². The second-order valence-corrected chi connectivity index (χ2v) is 4.63. The summed E-state index contributed by atoms with van der Waals surface area (Å²) in [6.07, 6.45) is 0.387. The third-order valence-corrected chi connectivity index (χ3v) is 3.05. The van der Waals surface area contributed by atoms with Crippen LogP contribution in [-0.4, -0.2) is 31.4 Å². The summed E-state index contributed by atoms with van der Waals surface area (Å²) in [5.41, 5.74) is 5.10. The number of carbonyl (C=O) groups is 1. The van der Waals surface area contributed by atoms with E-state index in [4.69, 9.17) is 5.73 Å². The molecule has 0 saturated heterocycles. The average Bonchev–Trinajstić information content (AvgIpc) is 2.60. The number of tetrazole rings is 1. The first-order valence-electron chi connectivity index (χ1n) is 4.78. The van der Waals surface area contributed by atoms with E-state index in [1.807, 2.05) is 13.8 Å². The SMILES string of the molecule is CCn1nnnc1CSC(C)CC(N)=O. The van der Waals surface area contributed by atoms with Gasteiger partial charge in [-0.2, -0.15) is 11.8 Å². The van der Waals surface area contributed by atoms with Gasteiger partial charge in [0.25, 0.3) is 0 Å². The molecular formula is C8H15N5OS. The van der Waals surface area contributed by atoms with E-state index in [-0.39, 0.29) is 11.2 Å². The van der Waals surface area contributed by atoms with Crippen LogP contribution in [0, 0.1) is 0 Å². The zero-order valence-corrected chi connectivity index (χ0v) is 9.70. The summed E-state index contributed by atoms with van der Waals surface area (Å²) in [4.78, 5) is 10.7. The van der Waals surface area contributed by atoms with Crippen LogP contribution in [0.25, 0.3) is 0 Å². The van der Waals surface area contributed by atoms with Crippen molar-refractivity contribution in [2.75, 3.05) is 0 Å². The third-order valence-electron chi connectivity index (χ3n) is 1.89.